The molecule has 0 radical (unpaired) electrons. The summed E-state index contributed by atoms with van der Waals surface area (Å²) in [5.74, 6) is 0.320. The minimum atomic E-state index is -0.571. The Bertz CT molecular complexity index is 531. The molecule has 0 heterocycles. The number of fused-ring (bicyclic) bond motifs is 5. The van der Waals surface area contributed by atoms with Crippen LogP contribution in [0.25, 0.3) is 0 Å². The zero-order valence-corrected chi connectivity index (χ0v) is 14.2. The van der Waals surface area contributed by atoms with Crippen molar-refractivity contribution in [2.75, 3.05) is 0 Å². The van der Waals surface area contributed by atoms with E-state index in [0.29, 0.717) is 12.8 Å². The molecule has 4 aliphatic rings. The third-order valence-electron chi connectivity index (χ3n) is 7.99. The van der Waals surface area contributed by atoms with Crippen molar-refractivity contribution in [2.45, 2.75) is 76.8 Å². The Balaban J connectivity index is 1.78. The Morgan fingerprint density at radius 1 is 1.04 bits per heavy atom. The molecule has 3 fully saturated rings. The molecule has 0 spiro atoms. The van der Waals surface area contributed by atoms with Crippen molar-refractivity contribution < 1.29 is 20.4 Å². The fourth-order valence-electron chi connectivity index (χ4n) is 6.72. The molecule has 4 rings (SSSR count). The lowest BCUT2D eigenvalue weighted by Crippen LogP contribution is -2.60. The highest BCUT2D eigenvalue weighted by molar-refractivity contribution is 5.29. The van der Waals surface area contributed by atoms with Crippen molar-refractivity contribution in [1.82, 2.24) is 0 Å². The Morgan fingerprint density at radius 2 is 1.78 bits per heavy atom. The van der Waals surface area contributed by atoms with E-state index in [2.05, 4.69) is 13.8 Å². The van der Waals surface area contributed by atoms with Crippen LogP contribution in [0.1, 0.15) is 52.4 Å². The highest BCUT2D eigenvalue weighted by Gasteiger charge is 2.63. The van der Waals surface area contributed by atoms with Crippen LogP contribution >= 0.6 is 0 Å². The first-order valence-electron chi connectivity index (χ1n) is 9.21. The van der Waals surface area contributed by atoms with Crippen molar-refractivity contribution in [3.8, 4) is 0 Å². The van der Waals surface area contributed by atoms with Gasteiger partial charge < -0.3 is 20.4 Å². The van der Waals surface area contributed by atoms with Crippen LogP contribution in [0.5, 0.6) is 0 Å². The third-order valence-corrected chi connectivity index (χ3v) is 7.99. The van der Waals surface area contributed by atoms with Gasteiger partial charge >= 0.3 is 0 Å². The SMILES string of the molecule is C[C@]12C[C@H](O)[C@H]3[C@@H]([C@@H](O)C=C4C[C@@H](O)CC[C@@]43C)[C@@H]1CC[C@@H]2O. The Kier molecular flexibility index (Phi) is 3.52. The summed E-state index contributed by atoms with van der Waals surface area (Å²) in [5.41, 5.74) is 0.723. The van der Waals surface area contributed by atoms with Crippen LogP contribution in [0.3, 0.4) is 0 Å². The van der Waals surface area contributed by atoms with E-state index in [9.17, 15) is 20.4 Å². The summed E-state index contributed by atoms with van der Waals surface area (Å²) in [5, 5.41) is 42.4. The first kappa shape index (κ1) is 16.1. The maximum Gasteiger partial charge on any atom is 0.0758 e. The molecule has 0 unspecified atom stereocenters. The molecule has 0 aromatic heterocycles. The molecule has 0 aliphatic heterocycles. The lowest BCUT2D eigenvalue weighted by atomic mass is 9.46. The van der Waals surface area contributed by atoms with Gasteiger partial charge in [0.2, 0.25) is 0 Å². The van der Waals surface area contributed by atoms with Gasteiger partial charge in [0.25, 0.3) is 0 Å². The number of aliphatic hydroxyl groups excluding tert-OH is 4. The van der Waals surface area contributed by atoms with Gasteiger partial charge in [0.15, 0.2) is 0 Å². The molecule has 4 heteroatoms. The second kappa shape index (κ2) is 5.04. The molecular weight excluding hydrogens is 292 g/mol. The molecule has 0 aromatic carbocycles. The highest BCUT2D eigenvalue weighted by Crippen LogP contribution is 2.64. The standard InChI is InChI=1S/C19H30O4/c1-18-6-5-11(20)7-10(18)8-13(21)16-12-3-4-15(23)19(12,2)9-14(22)17(16)18/h8,11-17,20-23H,3-7,9H2,1-2H3/t11-,12-,13-,14-,15-,16+,17-,18-,19-/m0/s1. The number of aliphatic hydroxyl groups is 4. The summed E-state index contributed by atoms with van der Waals surface area (Å²) in [4.78, 5) is 0. The van der Waals surface area contributed by atoms with Crippen LogP contribution in [0.2, 0.25) is 0 Å². The molecule has 0 saturated heterocycles. The lowest BCUT2D eigenvalue weighted by molar-refractivity contribution is -0.160. The second-order valence-electron chi connectivity index (χ2n) is 9.08. The van der Waals surface area contributed by atoms with Gasteiger partial charge in [-0.1, -0.05) is 25.5 Å². The topological polar surface area (TPSA) is 80.9 Å². The van der Waals surface area contributed by atoms with Crippen LogP contribution in [0, 0.1) is 28.6 Å². The molecule has 0 amide bonds. The smallest absolute Gasteiger partial charge is 0.0758 e. The minimum Gasteiger partial charge on any atom is -0.393 e. The van der Waals surface area contributed by atoms with Crippen molar-refractivity contribution in [2.24, 2.45) is 28.6 Å². The Morgan fingerprint density at radius 3 is 2.52 bits per heavy atom. The van der Waals surface area contributed by atoms with Gasteiger partial charge in [-0.3, -0.25) is 0 Å². The summed E-state index contributed by atoms with van der Waals surface area (Å²) < 4.78 is 0. The lowest BCUT2D eigenvalue weighted by Gasteiger charge is -2.60. The van der Waals surface area contributed by atoms with Gasteiger partial charge in [-0.15, -0.1) is 0 Å². The van der Waals surface area contributed by atoms with Gasteiger partial charge in [0, 0.05) is 0 Å². The van der Waals surface area contributed by atoms with E-state index in [-0.39, 0.29) is 40.8 Å². The van der Waals surface area contributed by atoms with Crippen molar-refractivity contribution in [1.29, 1.82) is 0 Å². The zero-order valence-electron chi connectivity index (χ0n) is 14.2. The summed E-state index contributed by atoms with van der Waals surface area (Å²) in [6.45, 7) is 4.30. The third kappa shape index (κ3) is 2.05. The number of rotatable bonds is 0. The van der Waals surface area contributed by atoms with Gasteiger partial charge in [-0.25, -0.2) is 0 Å². The van der Waals surface area contributed by atoms with E-state index in [4.69, 9.17) is 0 Å². The van der Waals surface area contributed by atoms with Gasteiger partial charge in [-0.05, 0) is 67.1 Å². The number of hydrogen-bond donors (Lipinski definition) is 4. The zero-order chi connectivity index (χ0) is 16.6. The monoisotopic (exact) mass is 322 g/mol. The van der Waals surface area contributed by atoms with Gasteiger partial charge in [0.1, 0.15) is 0 Å². The fraction of sp³-hybridized carbons (Fsp3) is 0.895. The first-order valence-corrected chi connectivity index (χ1v) is 9.21. The minimum absolute atomic E-state index is 0.0184. The second-order valence-corrected chi connectivity index (χ2v) is 9.08. The molecular formula is C19H30O4. The molecule has 4 aliphatic carbocycles. The average molecular weight is 322 g/mol. The predicted octanol–water partition coefficient (Wildman–Crippen LogP) is 1.61. The van der Waals surface area contributed by atoms with E-state index in [1.807, 2.05) is 6.08 Å². The molecule has 130 valence electrons. The maximum atomic E-state index is 11.0. The van der Waals surface area contributed by atoms with E-state index in [1.54, 1.807) is 0 Å². The summed E-state index contributed by atoms with van der Waals surface area (Å²) in [7, 11) is 0. The largest absolute Gasteiger partial charge is 0.393 e. The fourth-order valence-corrected chi connectivity index (χ4v) is 6.72. The Hall–Kier alpha value is -0.420. The number of hydrogen-bond acceptors (Lipinski definition) is 4. The summed E-state index contributed by atoms with van der Waals surface area (Å²) in [6, 6.07) is 0. The molecule has 0 aromatic rings. The molecule has 3 saturated carbocycles. The molecule has 4 nitrogen and oxygen atoms in total. The van der Waals surface area contributed by atoms with Gasteiger partial charge in [0.05, 0.1) is 24.4 Å². The van der Waals surface area contributed by atoms with Crippen LogP contribution in [-0.4, -0.2) is 44.8 Å². The summed E-state index contributed by atoms with van der Waals surface area (Å²) in [6.07, 6.45) is 4.80. The quantitative estimate of drug-likeness (QED) is 0.511. The molecule has 0 bridgehead atoms. The van der Waals surface area contributed by atoms with Crippen molar-refractivity contribution in [3.05, 3.63) is 11.6 Å². The van der Waals surface area contributed by atoms with Crippen LogP contribution in [-0.2, 0) is 0 Å². The van der Waals surface area contributed by atoms with E-state index in [1.165, 1.54) is 0 Å². The highest BCUT2D eigenvalue weighted by atomic mass is 16.3. The van der Waals surface area contributed by atoms with Crippen molar-refractivity contribution in [3.63, 3.8) is 0 Å². The van der Waals surface area contributed by atoms with E-state index in [0.717, 1.165) is 31.3 Å². The molecule has 4 N–H and O–H groups in total. The first-order chi connectivity index (χ1) is 10.8. The van der Waals surface area contributed by atoms with E-state index < -0.39 is 12.2 Å². The van der Waals surface area contributed by atoms with E-state index >= 15 is 0 Å². The van der Waals surface area contributed by atoms with Crippen molar-refractivity contribution >= 4 is 0 Å². The van der Waals surface area contributed by atoms with Crippen LogP contribution in [0.4, 0.5) is 0 Å². The Labute approximate surface area is 138 Å². The van der Waals surface area contributed by atoms with Crippen LogP contribution in [0.15, 0.2) is 11.6 Å². The molecule has 9 atom stereocenters. The molecule has 23 heavy (non-hydrogen) atoms. The van der Waals surface area contributed by atoms with Gasteiger partial charge in [-0.2, -0.15) is 0 Å². The normalized spacial score (nSPS) is 58.9. The summed E-state index contributed by atoms with van der Waals surface area (Å²) >= 11 is 0. The van der Waals surface area contributed by atoms with Crippen LogP contribution < -0.4 is 0 Å². The maximum absolute atomic E-state index is 11.0. The predicted molar refractivity (Wildman–Crippen MR) is 86.5 cm³/mol. The average Bonchev–Trinajstić information content (AvgIpc) is 2.76.